The first-order valence-corrected chi connectivity index (χ1v) is 14.5. The first-order chi connectivity index (χ1) is 21.5. The summed E-state index contributed by atoms with van der Waals surface area (Å²) < 4.78 is 11.1. The van der Waals surface area contributed by atoms with Crippen LogP contribution in [0, 0.1) is 0 Å². The monoisotopic (exact) mass is 635 g/mol. The number of benzene rings is 1. The highest BCUT2D eigenvalue weighted by molar-refractivity contribution is 5.96. The summed E-state index contributed by atoms with van der Waals surface area (Å²) in [6, 6.07) is 5.33. The number of imide groups is 1. The molecule has 3 saturated heterocycles. The number of rotatable bonds is 10. The second-order valence-electron chi connectivity index (χ2n) is 11.3. The smallest absolute Gasteiger partial charge is 0.326 e. The summed E-state index contributed by atoms with van der Waals surface area (Å²) >= 11 is 0. The fourth-order valence-electron chi connectivity index (χ4n) is 5.81. The van der Waals surface area contributed by atoms with Crippen molar-refractivity contribution in [3.63, 3.8) is 0 Å². The number of carbonyl (C=O) groups excluding carboxylic acids is 4. The van der Waals surface area contributed by atoms with Gasteiger partial charge in [0.1, 0.15) is 48.8 Å². The Morgan fingerprint density at radius 1 is 0.956 bits per heavy atom. The molecule has 0 aliphatic carbocycles. The predicted molar refractivity (Wildman–Crippen MR) is 151 cm³/mol. The van der Waals surface area contributed by atoms with Gasteiger partial charge in [0.25, 0.3) is 0 Å². The lowest BCUT2D eigenvalue weighted by atomic mass is 9.93. The van der Waals surface area contributed by atoms with Gasteiger partial charge in [-0.3, -0.25) is 24.6 Å². The number of hydrogen-bond acceptors (Lipinski definition) is 12. The maximum atomic E-state index is 13.5. The molecule has 3 fully saturated rings. The lowest BCUT2D eigenvalue weighted by Gasteiger charge is -2.39. The van der Waals surface area contributed by atoms with E-state index in [9.17, 15) is 49.8 Å². The summed E-state index contributed by atoms with van der Waals surface area (Å²) in [6.07, 6.45) is -11.7. The Labute approximate surface area is 256 Å². The minimum Gasteiger partial charge on any atom is -0.394 e. The summed E-state index contributed by atoms with van der Waals surface area (Å²) in [5, 5.41) is 69.2. The molecule has 5 rings (SSSR count). The van der Waals surface area contributed by atoms with E-state index in [1.54, 1.807) is 6.20 Å². The van der Waals surface area contributed by atoms with Gasteiger partial charge < -0.3 is 55.7 Å². The van der Waals surface area contributed by atoms with Crippen LogP contribution in [-0.2, 0) is 30.3 Å². The van der Waals surface area contributed by atoms with Crippen LogP contribution < -0.4 is 16.0 Å². The van der Waals surface area contributed by atoms with Crippen LogP contribution in [0.25, 0.3) is 10.9 Å². The minimum absolute atomic E-state index is 0.0115. The third kappa shape index (κ3) is 6.95. The van der Waals surface area contributed by atoms with Crippen LogP contribution in [0.3, 0.4) is 0 Å². The number of aromatic amines is 1. The number of H-pyrrole nitrogens is 1. The van der Waals surface area contributed by atoms with Crippen molar-refractivity contribution in [2.45, 2.75) is 80.4 Å². The number of aliphatic hydroxyl groups excluding tert-OH is 6. The molecule has 4 heterocycles. The zero-order chi connectivity index (χ0) is 32.4. The lowest BCUT2D eigenvalue weighted by molar-refractivity contribution is -0.229. The van der Waals surface area contributed by atoms with E-state index in [1.165, 1.54) is 0 Å². The number of hydrogen-bond donors (Lipinski definition) is 10. The van der Waals surface area contributed by atoms with Crippen molar-refractivity contribution < 1.29 is 59.3 Å². The Kier molecular flexibility index (Phi) is 10.00. The molecule has 1 aromatic carbocycles. The molecule has 45 heavy (non-hydrogen) atoms. The van der Waals surface area contributed by atoms with Crippen molar-refractivity contribution in [3.8, 4) is 0 Å². The second-order valence-corrected chi connectivity index (χ2v) is 11.3. The van der Waals surface area contributed by atoms with E-state index in [2.05, 4.69) is 20.9 Å². The highest BCUT2D eigenvalue weighted by Crippen LogP contribution is 2.26. The van der Waals surface area contributed by atoms with Gasteiger partial charge in [-0.25, -0.2) is 4.79 Å². The predicted octanol–water partition coefficient (Wildman–Crippen LogP) is -4.07. The molecule has 0 radical (unpaired) electrons. The Morgan fingerprint density at radius 3 is 2.40 bits per heavy atom. The van der Waals surface area contributed by atoms with Crippen LogP contribution in [0.15, 0.2) is 30.5 Å². The van der Waals surface area contributed by atoms with E-state index in [1.807, 2.05) is 24.3 Å². The maximum Gasteiger partial charge on any atom is 0.326 e. The van der Waals surface area contributed by atoms with Crippen LogP contribution in [0.1, 0.15) is 18.4 Å². The summed E-state index contributed by atoms with van der Waals surface area (Å²) in [6.45, 7) is -1.01. The maximum absolute atomic E-state index is 13.5. The van der Waals surface area contributed by atoms with Crippen molar-refractivity contribution in [2.24, 2.45) is 0 Å². The summed E-state index contributed by atoms with van der Waals surface area (Å²) in [4.78, 5) is 54.5. The van der Waals surface area contributed by atoms with E-state index in [4.69, 9.17) is 9.47 Å². The van der Waals surface area contributed by atoms with Gasteiger partial charge >= 0.3 is 6.03 Å². The molecule has 2 aromatic rings. The zero-order valence-corrected chi connectivity index (χ0v) is 24.0. The van der Waals surface area contributed by atoms with Gasteiger partial charge in [0, 0.05) is 43.0 Å². The van der Waals surface area contributed by atoms with Gasteiger partial charge in [-0.1, -0.05) is 18.2 Å². The van der Waals surface area contributed by atoms with Gasteiger partial charge in [-0.05, 0) is 11.6 Å². The normalized spacial score (nSPS) is 32.8. The number of nitrogens with one attached hydrogen (secondary N) is 4. The fraction of sp³-hybridized carbons (Fsp3) is 0.571. The largest absolute Gasteiger partial charge is 0.394 e. The van der Waals surface area contributed by atoms with Crippen LogP contribution in [0.2, 0.25) is 0 Å². The molecule has 17 heteroatoms. The second kappa shape index (κ2) is 13.8. The Bertz CT molecular complexity index is 1400. The summed E-state index contributed by atoms with van der Waals surface area (Å²) in [7, 11) is 0. The Morgan fingerprint density at radius 2 is 1.67 bits per heavy atom. The number of nitrogens with zero attached hydrogens (tertiary/aromatic N) is 1. The van der Waals surface area contributed by atoms with E-state index >= 15 is 0 Å². The third-order valence-electron chi connectivity index (χ3n) is 8.34. The van der Waals surface area contributed by atoms with E-state index < -0.39 is 97.9 Å². The number of para-hydroxylation sites is 1. The summed E-state index contributed by atoms with van der Waals surface area (Å²) in [5.41, 5.74) is 1.49. The number of fused-ring (bicyclic) bond motifs is 1. The highest BCUT2D eigenvalue weighted by Gasteiger charge is 2.48. The van der Waals surface area contributed by atoms with Crippen molar-refractivity contribution in [1.29, 1.82) is 0 Å². The number of ether oxygens (including phenoxy) is 2. The third-order valence-corrected chi connectivity index (χ3v) is 8.34. The molecule has 17 nitrogen and oxygen atoms in total. The average molecular weight is 636 g/mol. The Balaban J connectivity index is 1.26. The van der Waals surface area contributed by atoms with Crippen LogP contribution in [0.5, 0.6) is 0 Å². The minimum atomic E-state index is -1.67. The fourth-order valence-corrected chi connectivity index (χ4v) is 5.81. The van der Waals surface area contributed by atoms with Crippen molar-refractivity contribution in [1.82, 2.24) is 25.8 Å². The topological polar surface area (TPSA) is 263 Å². The molecule has 1 aromatic heterocycles. The van der Waals surface area contributed by atoms with Crippen molar-refractivity contribution in [3.05, 3.63) is 36.0 Å². The number of aromatic nitrogens is 1. The van der Waals surface area contributed by atoms with Gasteiger partial charge in [0.05, 0.1) is 19.1 Å². The van der Waals surface area contributed by atoms with Gasteiger partial charge in [0.15, 0.2) is 6.23 Å². The van der Waals surface area contributed by atoms with E-state index in [0.29, 0.717) is 5.56 Å². The number of aliphatic hydroxyl groups is 6. The Hall–Kier alpha value is -3.68. The van der Waals surface area contributed by atoms with Crippen molar-refractivity contribution in [2.75, 3.05) is 19.7 Å². The van der Waals surface area contributed by atoms with Crippen LogP contribution in [-0.4, -0.2) is 145 Å². The number of amides is 5. The average Bonchev–Trinajstić information content (AvgIpc) is 3.55. The van der Waals surface area contributed by atoms with E-state index in [0.717, 1.165) is 15.8 Å². The van der Waals surface area contributed by atoms with E-state index in [-0.39, 0.29) is 25.9 Å². The van der Waals surface area contributed by atoms with Gasteiger partial charge in [0.2, 0.25) is 17.7 Å². The first-order valence-electron chi connectivity index (χ1n) is 14.5. The molecule has 10 N–H and O–H groups in total. The van der Waals surface area contributed by atoms with Crippen LogP contribution in [0.4, 0.5) is 4.79 Å². The molecule has 10 atom stereocenters. The number of carbonyl (C=O) groups is 4. The molecular formula is C28H37N5O12. The van der Waals surface area contributed by atoms with Gasteiger partial charge in [-0.2, -0.15) is 0 Å². The quantitative estimate of drug-likeness (QED) is 0.120. The number of urea groups is 1. The molecule has 246 valence electrons. The first kappa shape index (κ1) is 32.7. The highest BCUT2D eigenvalue weighted by atomic mass is 16.6. The van der Waals surface area contributed by atoms with Gasteiger partial charge in [-0.15, -0.1) is 0 Å². The molecule has 5 amide bonds. The lowest BCUT2D eigenvalue weighted by Crippen LogP contribution is -2.59. The molecule has 3 aliphatic heterocycles. The molecule has 3 aliphatic rings. The van der Waals surface area contributed by atoms with Crippen molar-refractivity contribution >= 4 is 34.7 Å². The molecule has 0 bridgehead atoms. The zero-order valence-electron chi connectivity index (χ0n) is 24.0. The molecule has 0 spiro atoms. The molecular weight excluding hydrogens is 598 g/mol. The molecule has 0 saturated carbocycles. The standard InChI is InChI=1S/C28H37N5O12/c34-11-18-23(39)24(40)21(37)16(44-18)8-20(36)31-15(7-12-9-29-14-4-2-1-3-13(12)14)26(42)30-10-17-22(38)25(41)27(45-17)33-6-5-19(35)32-28(33)43/h1-4,9,15-18,21-25,27,29,34,37-41H,5-8,10-11H2,(H,30,42)(H,31,36)(H,32,35,43)/t15-,16+,17+,18+,21-,22+,23-,24+,25+,27+/m0/s1. The molecule has 0 unspecified atom stereocenters. The SMILES string of the molecule is O=C1CCN([C@@H]2O[C@H](CNC(=O)[C@H](Cc3c[nH]c4ccccc34)NC(=O)C[C@H]3O[C@H](CO)[C@H](O)[C@H](O)[C@H]3O)[C@@H](O)[C@H]2O)C(=O)N1. The summed E-state index contributed by atoms with van der Waals surface area (Å²) in [5.74, 6) is -1.90. The van der Waals surface area contributed by atoms with Crippen LogP contribution >= 0.6 is 0 Å².